The SMILES string of the molecule is COC(=O)[C@]1(O)CCN(C(=O)OC(C)(C)C)C[C@H]1C. The Bertz CT molecular complexity index is 363. The fraction of sp³-hybridized carbons (Fsp3) is 0.846. The zero-order valence-corrected chi connectivity index (χ0v) is 12.2. The van der Waals surface area contributed by atoms with Crippen LogP contribution in [0.5, 0.6) is 0 Å². The molecule has 1 rings (SSSR count). The summed E-state index contributed by atoms with van der Waals surface area (Å²) in [5, 5.41) is 10.3. The fourth-order valence-corrected chi connectivity index (χ4v) is 2.10. The second-order valence-corrected chi connectivity index (χ2v) is 5.99. The first-order chi connectivity index (χ1) is 8.60. The van der Waals surface area contributed by atoms with Gasteiger partial charge in [0.25, 0.3) is 0 Å². The van der Waals surface area contributed by atoms with Crippen LogP contribution in [0.25, 0.3) is 0 Å². The van der Waals surface area contributed by atoms with Gasteiger partial charge in [0.15, 0.2) is 5.60 Å². The second kappa shape index (κ2) is 5.36. The maximum Gasteiger partial charge on any atom is 0.410 e. The molecule has 0 aromatic carbocycles. The highest BCUT2D eigenvalue weighted by atomic mass is 16.6. The molecular formula is C13H23NO5. The summed E-state index contributed by atoms with van der Waals surface area (Å²) in [7, 11) is 1.24. The number of aliphatic hydroxyl groups is 1. The van der Waals surface area contributed by atoms with E-state index in [1.807, 2.05) is 0 Å². The van der Waals surface area contributed by atoms with Crippen LogP contribution in [-0.2, 0) is 14.3 Å². The molecule has 1 saturated heterocycles. The van der Waals surface area contributed by atoms with Crippen LogP contribution in [0.4, 0.5) is 4.79 Å². The summed E-state index contributed by atoms with van der Waals surface area (Å²) >= 11 is 0. The van der Waals surface area contributed by atoms with Crippen LogP contribution < -0.4 is 0 Å². The van der Waals surface area contributed by atoms with Crippen molar-refractivity contribution in [1.82, 2.24) is 4.90 Å². The van der Waals surface area contributed by atoms with Gasteiger partial charge in [-0.1, -0.05) is 6.92 Å². The number of rotatable bonds is 1. The van der Waals surface area contributed by atoms with Gasteiger partial charge >= 0.3 is 12.1 Å². The maximum absolute atomic E-state index is 11.9. The maximum atomic E-state index is 11.9. The monoisotopic (exact) mass is 273 g/mol. The normalized spacial score (nSPS) is 27.9. The number of likely N-dealkylation sites (tertiary alicyclic amines) is 1. The van der Waals surface area contributed by atoms with Crippen molar-refractivity contribution in [3.05, 3.63) is 0 Å². The lowest BCUT2D eigenvalue weighted by atomic mass is 9.82. The molecule has 0 unspecified atom stereocenters. The topological polar surface area (TPSA) is 76.1 Å². The van der Waals surface area contributed by atoms with Crippen LogP contribution in [0.3, 0.4) is 0 Å². The number of hydrogen-bond acceptors (Lipinski definition) is 5. The van der Waals surface area contributed by atoms with E-state index in [2.05, 4.69) is 4.74 Å². The average Bonchev–Trinajstić information content (AvgIpc) is 2.29. The Labute approximate surface area is 113 Å². The average molecular weight is 273 g/mol. The Hall–Kier alpha value is -1.30. The van der Waals surface area contributed by atoms with Crippen LogP contribution in [-0.4, -0.2) is 53.5 Å². The van der Waals surface area contributed by atoms with Crippen molar-refractivity contribution in [2.24, 2.45) is 5.92 Å². The molecule has 6 nitrogen and oxygen atoms in total. The summed E-state index contributed by atoms with van der Waals surface area (Å²) in [4.78, 5) is 25.0. The Kier molecular flexibility index (Phi) is 4.45. The zero-order chi connectivity index (χ0) is 14.8. The molecule has 1 aliphatic heterocycles. The third-order valence-electron chi connectivity index (χ3n) is 3.26. The Balaban J connectivity index is 2.69. The summed E-state index contributed by atoms with van der Waals surface area (Å²) in [5.74, 6) is -1.05. The largest absolute Gasteiger partial charge is 0.467 e. The zero-order valence-electron chi connectivity index (χ0n) is 12.2. The molecule has 1 heterocycles. The first kappa shape index (κ1) is 15.8. The van der Waals surface area contributed by atoms with Gasteiger partial charge in [0.1, 0.15) is 5.60 Å². The van der Waals surface area contributed by atoms with Crippen LogP contribution >= 0.6 is 0 Å². The van der Waals surface area contributed by atoms with Crippen LogP contribution in [0.15, 0.2) is 0 Å². The van der Waals surface area contributed by atoms with E-state index in [1.54, 1.807) is 27.7 Å². The molecule has 0 bridgehead atoms. The molecule has 1 amide bonds. The molecule has 1 fully saturated rings. The predicted molar refractivity (Wildman–Crippen MR) is 68.6 cm³/mol. The van der Waals surface area contributed by atoms with Crippen LogP contribution in [0, 0.1) is 5.92 Å². The van der Waals surface area contributed by atoms with Gasteiger partial charge < -0.3 is 19.5 Å². The van der Waals surface area contributed by atoms with E-state index in [1.165, 1.54) is 12.0 Å². The molecule has 0 aromatic rings. The molecule has 0 aliphatic carbocycles. The second-order valence-electron chi connectivity index (χ2n) is 5.99. The minimum absolute atomic E-state index is 0.153. The Morgan fingerprint density at radius 3 is 2.37 bits per heavy atom. The highest BCUT2D eigenvalue weighted by molar-refractivity contribution is 5.80. The smallest absolute Gasteiger partial charge is 0.410 e. The van der Waals surface area contributed by atoms with E-state index in [9.17, 15) is 14.7 Å². The quantitative estimate of drug-likeness (QED) is 0.726. The molecule has 0 saturated carbocycles. The standard InChI is InChI=1S/C13H23NO5/c1-9-8-14(11(16)19-12(2,3)4)7-6-13(9,17)10(15)18-5/h9,17H,6-8H2,1-5H3/t9-,13+/m1/s1. The molecular weight excluding hydrogens is 250 g/mol. The lowest BCUT2D eigenvalue weighted by Crippen LogP contribution is -2.57. The number of carbonyl (C=O) groups is 2. The van der Waals surface area contributed by atoms with Gasteiger partial charge in [-0.15, -0.1) is 0 Å². The van der Waals surface area contributed by atoms with E-state index in [-0.39, 0.29) is 19.5 Å². The molecule has 110 valence electrons. The van der Waals surface area contributed by atoms with Gasteiger partial charge in [-0.05, 0) is 20.8 Å². The van der Waals surface area contributed by atoms with E-state index in [0.717, 1.165) is 0 Å². The first-order valence-electron chi connectivity index (χ1n) is 6.39. The van der Waals surface area contributed by atoms with Crippen molar-refractivity contribution in [2.75, 3.05) is 20.2 Å². The third-order valence-corrected chi connectivity index (χ3v) is 3.26. The lowest BCUT2D eigenvalue weighted by Gasteiger charge is -2.41. The van der Waals surface area contributed by atoms with Crippen LogP contribution in [0.1, 0.15) is 34.1 Å². The minimum Gasteiger partial charge on any atom is -0.467 e. The van der Waals surface area contributed by atoms with Crippen molar-refractivity contribution in [3.8, 4) is 0 Å². The fourth-order valence-electron chi connectivity index (χ4n) is 2.10. The molecule has 6 heteroatoms. The number of carbonyl (C=O) groups excluding carboxylic acids is 2. The molecule has 19 heavy (non-hydrogen) atoms. The number of piperidine rings is 1. The van der Waals surface area contributed by atoms with Crippen molar-refractivity contribution in [3.63, 3.8) is 0 Å². The van der Waals surface area contributed by atoms with Gasteiger partial charge in [-0.2, -0.15) is 0 Å². The van der Waals surface area contributed by atoms with Gasteiger partial charge in [-0.25, -0.2) is 9.59 Å². The van der Waals surface area contributed by atoms with Crippen molar-refractivity contribution in [2.45, 2.75) is 45.3 Å². The van der Waals surface area contributed by atoms with E-state index in [0.29, 0.717) is 0 Å². The van der Waals surface area contributed by atoms with Crippen molar-refractivity contribution < 1.29 is 24.2 Å². The summed E-state index contributed by atoms with van der Waals surface area (Å²) < 4.78 is 9.89. The van der Waals surface area contributed by atoms with Gasteiger partial charge in [-0.3, -0.25) is 0 Å². The molecule has 0 aromatic heterocycles. The number of ether oxygens (including phenoxy) is 2. The van der Waals surface area contributed by atoms with Gasteiger partial charge in [0, 0.05) is 25.4 Å². The summed E-state index contributed by atoms with van der Waals surface area (Å²) in [6.45, 7) is 7.63. The van der Waals surface area contributed by atoms with Crippen LogP contribution in [0.2, 0.25) is 0 Å². The van der Waals surface area contributed by atoms with Crippen molar-refractivity contribution >= 4 is 12.1 Å². The van der Waals surface area contributed by atoms with E-state index in [4.69, 9.17) is 4.74 Å². The number of amides is 1. The van der Waals surface area contributed by atoms with Gasteiger partial charge in [0.2, 0.25) is 0 Å². The Morgan fingerprint density at radius 2 is 1.95 bits per heavy atom. The molecule has 0 radical (unpaired) electrons. The third kappa shape index (κ3) is 3.59. The van der Waals surface area contributed by atoms with Gasteiger partial charge in [0.05, 0.1) is 7.11 Å². The number of esters is 1. The lowest BCUT2D eigenvalue weighted by molar-refractivity contribution is -0.174. The summed E-state index contributed by atoms with van der Waals surface area (Å²) in [5.41, 5.74) is -2.08. The van der Waals surface area contributed by atoms with Crippen molar-refractivity contribution in [1.29, 1.82) is 0 Å². The summed E-state index contributed by atoms with van der Waals surface area (Å²) in [6.07, 6.45) is -0.272. The van der Waals surface area contributed by atoms with E-state index >= 15 is 0 Å². The summed E-state index contributed by atoms with van der Waals surface area (Å²) in [6, 6.07) is 0. The number of methoxy groups -OCH3 is 1. The number of nitrogens with zero attached hydrogens (tertiary/aromatic N) is 1. The molecule has 2 atom stereocenters. The number of hydrogen-bond donors (Lipinski definition) is 1. The first-order valence-corrected chi connectivity index (χ1v) is 6.39. The molecule has 1 N–H and O–H groups in total. The highest BCUT2D eigenvalue weighted by Gasteiger charge is 2.47. The minimum atomic E-state index is -1.52. The predicted octanol–water partition coefficient (Wildman–Crippen LogP) is 1.17. The molecule has 1 aliphatic rings. The highest BCUT2D eigenvalue weighted by Crippen LogP contribution is 2.29. The Morgan fingerprint density at radius 1 is 1.37 bits per heavy atom. The molecule has 0 spiro atoms. The van der Waals surface area contributed by atoms with E-state index < -0.39 is 29.2 Å².